The molecule has 1 atom stereocenters. The lowest BCUT2D eigenvalue weighted by Crippen LogP contribution is -2.53. The fourth-order valence-electron chi connectivity index (χ4n) is 0.954. The molecule has 1 saturated heterocycles. The second-order valence-electron chi connectivity index (χ2n) is 2.44. The van der Waals surface area contributed by atoms with Gasteiger partial charge < -0.3 is 15.7 Å². The zero-order chi connectivity index (χ0) is 9.84. The Balaban J connectivity index is 2.61. The number of hydrogen-bond acceptors (Lipinski definition) is 3. The molecular formula is C5H8N4O4. The number of nitrogens with one attached hydrogen (secondary N) is 2. The second kappa shape index (κ2) is 3.70. The molecule has 0 spiro atoms. The highest BCUT2D eigenvalue weighted by molar-refractivity contribution is 5.86. The van der Waals surface area contributed by atoms with Crippen LogP contribution in [0.4, 0.5) is 0 Å². The summed E-state index contributed by atoms with van der Waals surface area (Å²) in [4.78, 5) is 20.4. The number of carboxylic acid groups (broad SMARTS) is 1. The van der Waals surface area contributed by atoms with E-state index in [1.165, 1.54) is 0 Å². The van der Waals surface area contributed by atoms with Gasteiger partial charge in [-0.2, -0.15) is 0 Å². The van der Waals surface area contributed by atoms with E-state index in [1.807, 2.05) is 0 Å². The van der Waals surface area contributed by atoms with E-state index in [-0.39, 0.29) is 5.96 Å². The Hall–Kier alpha value is -1.86. The van der Waals surface area contributed by atoms with Crippen molar-refractivity contribution in [1.29, 1.82) is 0 Å². The highest BCUT2D eigenvalue weighted by atomic mass is 16.7. The smallest absolute Gasteiger partial charge is 0.326 e. The second-order valence-corrected chi connectivity index (χ2v) is 2.44. The van der Waals surface area contributed by atoms with Gasteiger partial charge in [-0.3, -0.25) is 0 Å². The summed E-state index contributed by atoms with van der Waals surface area (Å²) < 4.78 is 0. The molecule has 72 valence electrons. The van der Waals surface area contributed by atoms with Gasteiger partial charge >= 0.3 is 5.97 Å². The van der Waals surface area contributed by atoms with Crippen LogP contribution in [0.3, 0.4) is 0 Å². The topological polar surface area (TPSA) is 117 Å². The van der Waals surface area contributed by atoms with Crippen molar-refractivity contribution in [2.24, 2.45) is 5.10 Å². The molecule has 0 aliphatic carbocycles. The Morgan fingerprint density at radius 3 is 3.00 bits per heavy atom. The highest BCUT2D eigenvalue weighted by Crippen LogP contribution is 1.96. The molecule has 0 aromatic rings. The predicted molar refractivity (Wildman–Crippen MR) is 41.6 cm³/mol. The minimum atomic E-state index is -1.04. The number of rotatable bonds is 2. The van der Waals surface area contributed by atoms with E-state index >= 15 is 0 Å². The molecule has 3 N–H and O–H groups in total. The van der Waals surface area contributed by atoms with Gasteiger partial charge in [0.1, 0.15) is 11.1 Å². The van der Waals surface area contributed by atoms with Crippen LogP contribution >= 0.6 is 0 Å². The first-order chi connectivity index (χ1) is 6.09. The van der Waals surface area contributed by atoms with Gasteiger partial charge in [0.2, 0.25) is 0 Å². The van der Waals surface area contributed by atoms with Crippen molar-refractivity contribution in [3.8, 4) is 0 Å². The summed E-state index contributed by atoms with van der Waals surface area (Å²) in [6.07, 6.45) is 0.367. The summed E-state index contributed by atoms with van der Waals surface area (Å²) in [5.74, 6) is -1.15. The summed E-state index contributed by atoms with van der Waals surface area (Å²) in [6.45, 7) is 0.358. The van der Waals surface area contributed by atoms with Gasteiger partial charge in [0, 0.05) is 6.54 Å². The Kier molecular flexibility index (Phi) is 2.62. The molecule has 0 aromatic heterocycles. The Morgan fingerprint density at radius 1 is 1.77 bits per heavy atom. The maximum Gasteiger partial charge on any atom is 0.326 e. The highest BCUT2D eigenvalue weighted by Gasteiger charge is 2.24. The zero-order valence-electron chi connectivity index (χ0n) is 6.56. The molecule has 8 heteroatoms. The zero-order valence-corrected chi connectivity index (χ0v) is 6.56. The standard InChI is InChI=1S/C5H8N4O4/c10-4(11)3-1-2-6-5(7-3)8-9(12)13/h3H,1-2H2,(H,10,11)(H2,6,7,8). The van der Waals surface area contributed by atoms with Gasteiger partial charge in [-0.25, -0.2) is 14.9 Å². The number of aliphatic carboxylic acids is 1. The third-order valence-electron chi connectivity index (χ3n) is 1.52. The van der Waals surface area contributed by atoms with Crippen LogP contribution in [0, 0.1) is 10.1 Å². The van der Waals surface area contributed by atoms with Crippen LogP contribution in [0.2, 0.25) is 0 Å². The van der Waals surface area contributed by atoms with E-state index < -0.39 is 17.0 Å². The van der Waals surface area contributed by atoms with Crippen molar-refractivity contribution >= 4 is 11.9 Å². The van der Waals surface area contributed by atoms with E-state index in [2.05, 4.69) is 15.7 Å². The molecular weight excluding hydrogens is 180 g/mol. The van der Waals surface area contributed by atoms with Crippen molar-refractivity contribution in [3.05, 3.63) is 10.1 Å². The van der Waals surface area contributed by atoms with Crippen molar-refractivity contribution in [2.45, 2.75) is 12.5 Å². The molecule has 1 aliphatic rings. The van der Waals surface area contributed by atoms with Crippen LogP contribution in [-0.4, -0.2) is 34.7 Å². The first-order valence-electron chi connectivity index (χ1n) is 3.56. The lowest BCUT2D eigenvalue weighted by atomic mass is 10.2. The number of nitrogens with zero attached hydrogens (tertiary/aromatic N) is 2. The molecule has 1 aliphatic heterocycles. The molecule has 1 fully saturated rings. The van der Waals surface area contributed by atoms with Crippen molar-refractivity contribution in [2.75, 3.05) is 6.54 Å². The Labute approximate surface area is 72.8 Å². The predicted octanol–water partition coefficient (Wildman–Crippen LogP) is -1.43. The van der Waals surface area contributed by atoms with Gasteiger partial charge in [0.05, 0.1) is 0 Å². The van der Waals surface area contributed by atoms with Gasteiger partial charge in [-0.05, 0) is 6.42 Å². The van der Waals surface area contributed by atoms with Gasteiger partial charge in [-0.1, -0.05) is 0 Å². The van der Waals surface area contributed by atoms with E-state index in [1.54, 1.807) is 0 Å². The van der Waals surface area contributed by atoms with Gasteiger partial charge in [0.15, 0.2) is 5.03 Å². The summed E-state index contributed by atoms with van der Waals surface area (Å²) in [5, 5.41) is 25.5. The summed E-state index contributed by atoms with van der Waals surface area (Å²) in [6, 6.07) is -0.806. The van der Waals surface area contributed by atoms with E-state index in [9.17, 15) is 14.9 Å². The maximum absolute atomic E-state index is 10.5. The van der Waals surface area contributed by atoms with Crippen molar-refractivity contribution in [1.82, 2.24) is 10.6 Å². The largest absolute Gasteiger partial charge is 0.480 e. The minimum Gasteiger partial charge on any atom is -0.480 e. The average Bonchev–Trinajstić information content (AvgIpc) is 2.03. The Morgan fingerprint density at radius 2 is 2.46 bits per heavy atom. The lowest BCUT2D eigenvalue weighted by Gasteiger charge is -2.21. The number of hydrazone groups is 1. The van der Waals surface area contributed by atoms with Crippen molar-refractivity contribution < 1.29 is 14.9 Å². The maximum atomic E-state index is 10.5. The fourth-order valence-corrected chi connectivity index (χ4v) is 0.954. The molecule has 0 amide bonds. The molecule has 13 heavy (non-hydrogen) atoms. The van der Waals surface area contributed by atoms with E-state index in [4.69, 9.17) is 5.11 Å². The molecule has 1 heterocycles. The number of nitro groups is 1. The fraction of sp³-hybridized carbons (Fsp3) is 0.600. The van der Waals surface area contributed by atoms with Crippen LogP contribution in [0.1, 0.15) is 6.42 Å². The average molecular weight is 188 g/mol. The van der Waals surface area contributed by atoms with Crippen LogP contribution in [-0.2, 0) is 4.79 Å². The SMILES string of the molecule is O=C(O)C1CCN/C(=N\[N+](=O)[O-])N1. The van der Waals surface area contributed by atoms with Crippen LogP contribution in [0.15, 0.2) is 5.10 Å². The third-order valence-corrected chi connectivity index (χ3v) is 1.52. The molecule has 1 unspecified atom stereocenters. The monoisotopic (exact) mass is 188 g/mol. The number of guanidine groups is 1. The van der Waals surface area contributed by atoms with Crippen LogP contribution < -0.4 is 10.6 Å². The quantitative estimate of drug-likeness (QED) is 0.361. The third kappa shape index (κ3) is 2.58. The Bertz CT molecular complexity index is 263. The molecule has 1 rings (SSSR count). The number of carboxylic acids is 1. The molecule has 0 radical (unpaired) electrons. The van der Waals surface area contributed by atoms with Crippen LogP contribution in [0.5, 0.6) is 0 Å². The summed E-state index contributed by atoms with van der Waals surface area (Å²) in [7, 11) is 0. The van der Waals surface area contributed by atoms with Crippen molar-refractivity contribution in [3.63, 3.8) is 0 Å². The summed E-state index contributed by atoms with van der Waals surface area (Å²) in [5.41, 5.74) is 0. The van der Waals surface area contributed by atoms with E-state index in [0.717, 1.165) is 0 Å². The normalized spacial score (nSPS) is 24.6. The first kappa shape index (κ1) is 9.23. The summed E-state index contributed by atoms with van der Waals surface area (Å²) >= 11 is 0. The van der Waals surface area contributed by atoms with Gasteiger partial charge in [-0.15, -0.1) is 0 Å². The molecule has 0 aromatic carbocycles. The van der Waals surface area contributed by atoms with Crippen LogP contribution in [0.25, 0.3) is 0 Å². The minimum absolute atomic E-state index is 0.108. The van der Waals surface area contributed by atoms with E-state index in [0.29, 0.717) is 13.0 Å². The lowest BCUT2D eigenvalue weighted by molar-refractivity contribution is -0.485. The molecule has 0 bridgehead atoms. The number of carbonyl (C=O) groups is 1. The van der Waals surface area contributed by atoms with Gasteiger partial charge in [0.25, 0.3) is 5.96 Å². The first-order valence-corrected chi connectivity index (χ1v) is 3.56. The number of hydrogen-bond donors (Lipinski definition) is 3. The molecule has 0 saturated carbocycles. The molecule has 8 nitrogen and oxygen atoms in total.